The molecular weight excluding hydrogens is 632 g/mol. The number of morpholine rings is 1. The van der Waals surface area contributed by atoms with E-state index in [1.165, 1.54) is 12.1 Å². The number of thiophene rings is 1. The zero-order chi connectivity index (χ0) is 31.2. The van der Waals surface area contributed by atoms with Crippen LogP contribution in [0.5, 0.6) is 5.75 Å². The van der Waals surface area contributed by atoms with Gasteiger partial charge in [-0.05, 0) is 24.3 Å². The van der Waals surface area contributed by atoms with Crippen molar-refractivity contribution in [2.24, 2.45) is 0 Å². The lowest BCUT2D eigenvalue weighted by Crippen LogP contribution is -2.55. The van der Waals surface area contributed by atoms with Crippen LogP contribution >= 0.6 is 22.9 Å². The Hall–Kier alpha value is -3.22. The largest absolute Gasteiger partial charge is 0.433 e. The average Bonchev–Trinajstić information content (AvgIpc) is 3.29. The summed E-state index contributed by atoms with van der Waals surface area (Å²) in [5.74, 6) is -3.57. The van der Waals surface area contributed by atoms with E-state index in [0.29, 0.717) is 0 Å². The predicted molar refractivity (Wildman–Crippen MR) is 134 cm³/mol. The van der Waals surface area contributed by atoms with Crippen LogP contribution in [0.25, 0.3) is 0 Å². The number of carbonyl (C=O) groups is 3. The topological polar surface area (TPSA) is 100 Å². The van der Waals surface area contributed by atoms with E-state index in [4.69, 9.17) is 16.3 Å². The van der Waals surface area contributed by atoms with Crippen LogP contribution in [0.15, 0.2) is 30.3 Å². The molecule has 1 aliphatic heterocycles. The molecule has 0 radical (unpaired) electrons. The third-order valence-electron chi connectivity index (χ3n) is 5.48. The number of hydrogen-bond acceptors (Lipinski definition) is 7. The highest BCUT2D eigenvalue weighted by Gasteiger charge is 2.42. The van der Waals surface area contributed by atoms with Crippen LogP contribution < -0.4 is 20.3 Å². The first-order valence-electron chi connectivity index (χ1n) is 11.7. The molecule has 1 aromatic carbocycles. The molecule has 3 amide bonds. The maximum absolute atomic E-state index is 13.3. The molecule has 0 spiro atoms. The van der Waals surface area contributed by atoms with E-state index in [2.05, 4.69) is 15.4 Å². The molecule has 0 aliphatic carbocycles. The van der Waals surface area contributed by atoms with Crippen molar-refractivity contribution in [3.8, 4) is 5.75 Å². The fraction of sp³-hybridized carbons (Fsp3) is 0.435. The van der Waals surface area contributed by atoms with Gasteiger partial charge >= 0.3 is 19.0 Å². The normalized spacial score (nSPS) is 15.2. The van der Waals surface area contributed by atoms with Crippen molar-refractivity contribution in [2.45, 2.75) is 25.0 Å². The fourth-order valence-corrected chi connectivity index (χ4v) is 4.80. The van der Waals surface area contributed by atoms with E-state index in [0.717, 1.165) is 34.4 Å². The van der Waals surface area contributed by atoms with Crippen molar-refractivity contribution in [2.75, 3.05) is 49.6 Å². The van der Waals surface area contributed by atoms with Crippen molar-refractivity contribution < 1.29 is 59.0 Å². The molecule has 1 aromatic heterocycles. The van der Waals surface area contributed by atoms with Crippen molar-refractivity contribution in [1.29, 1.82) is 0 Å². The maximum Gasteiger partial charge on any atom is 0.401 e. The van der Waals surface area contributed by atoms with Gasteiger partial charge in [-0.25, -0.2) is 0 Å². The molecule has 3 rings (SSSR count). The van der Waals surface area contributed by atoms with Gasteiger partial charge in [0.05, 0.1) is 34.6 Å². The van der Waals surface area contributed by atoms with E-state index in [1.54, 1.807) is 0 Å². The van der Waals surface area contributed by atoms with E-state index in [-0.39, 0.29) is 45.2 Å². The minimum absolute atomic E-state index is 0.0283. The number of rotatable bonds is 11. The average molecular weight is 653 g/mol. The molecule has 1 saturated heterocycles. The van der Waals surface area contributed by atoms with Crippen molar-refractivity contribution >= 4 is 52.0 Å². The number of nitrogens with zero attached hydrogens (tertiary/aromatic N) is 2. The Bertz CT molecular complexity index is 1260. The highest BCUT2D eigenvalue weighted by Crippen LogP contribution is 2.34. The highest BCUT2D eigenvalue weighted by molar-refractivity contribution is 7.18. The highest BCUT2D eigenvalue weighted by atomic mass is 35.5. The monoisotopic (exact) mass is 652 g/mol. The Balaban J connectivity index is 1.91. The van der Waals surface area contributed by atoms with E-state index in [9.17, 15) is 49.5 Å². The van der Waals surface area contributed by atoms with Gasteiger partial charge < -0.3 is 25.0 Å². The Morgan fingerprint density at radius 2 is 1.76 bits per heavy atom. The summed E-state index contributed by atoms with van der Waals surface area (Å²) in [6.07, 6.45) is -10.4. The number of carbonyl (C=O) groups excluding carboxylic acids is 3. The molecule has 1 fully saturated rings. The molecule has 2 aromatic rings. The lowest BCUT2D eigenvalue weighted by molar-refractivity contribution is -0.186. The Morgan fingerprint density at radius 3 is 2.31 bits per heavy atom. The van der Waals surface area contributed by atoms with Gasteiger partial charge in [0.1, 0.15) is 12.6 Å². The van der Waals surface area contributed by atoms with Crippen LogP contribution in [-0.2, 0) is 14.3 Å². The minimum Gasteiger partial charge on any atom is -0.433 e. The minimum atomic E-state index is -5.18. The number of benzene rings is 1. The van der Waals surface area contributed by atoms with Crippen molar-refractivity contribution in [3.63, 3.8) is 0 Å². The third kappa shape index (κ3) is 9.95. The van der Waals surface area contributed by atoms with Gasteiger partial charge in [0.15, 0.2) is 5.75 Å². The molecule has 232 valence electrons. The summed E-state index contributed by atoms with van der Waals surface area (Å²) in [5, 5.41) is 4.20. The van der Waals surface area contributed by atoms with Crippen LogP contribution in [0.4, 0.5) is 46.5 Å². The first-order valence-corrected chi connectivity index (χ1v) is 12.9. The van der Waals surface area contributed by atoms with Crippen LogP contribution in [0, 0.1) is 0 Å². The quantitative estimate of drug-likeness (QED) is 0.346. The Morgan fingerprint density at radius 1 is 1.10 bits per heavy atom. The molecular formula is C23H21ClF8N4O5S. The second kappa shape index (κ2) is 13.8. The molecule has 1 atom stereocenters. The number of hydrogen-bond donors (Lipinski definition) is 2. The molecule has 2 heterocycles. The number of nitrogens with one attached hydrogen (secondary N) is 2. The van der Waals surface area contributed by atoms with Crippen LogP contribution in [-0.4, -0.2) is 87.0 Å². The summed E-state index contributed by atoms with van der Waals surface area (Å²) in [5.41, 5.74) is -0.503. The SMILES string of the molecule is O=C(NC[C@@H](C(=O)Nc1ccc(N2CCOCC2=O)c(OC(F)F)c1)N(CC(F)(F)F)CC(F)(F)F)c1ccc(Cl)s1. The second-order valence-electron chi connectivity index (χ2n) is 8.61. The summed E-state index contributed by atoms with van der Waals surface area (Å²) >= 11 is 6.52. The summed E-state index contributed by atoms with van der Waals surface area (Å²) in [4.78, 5) is 38.5. The van der Waals surface area contributed by atoms with Crippen LogP contribution in [0.1, 0.15) is 9.67 Å². The molecule has 42 heavy (non-hydrogen) atoms. The Kier molecular flexibility index (Phi) is 11.0. The molecule has 0 bridgehead atoms. The number of amides is 3. The maximum atomic E-state index is 13.3. The van der Waals surface area contributed by atoms with E-state index >= 15 is 0 Å². The number of anilines is 2. The van der Waals surface area contributed by atoms with Crippen molar-refractivity contribution in [1.82, 2.24) is 10.2 Å². The lowest BCUT2D eigenvalue weighted by Gasteiger charge is -2.32. The van der Waals surface area contributed by atoms with Crippen LogP contribution in [0.3, 0.4) is 0 Å². The van der Waals surface area contributed by atoms with E-state index in [1.807, 2.05) is 0 Å². The van der Waals surface area contributed by atoms with Gasteiger partial charge in [0.25, 0.3) is 11.8 Å². The molecule has 2 N–H and O–H groups in total. The standard InChI is InChI=1S/C23H21ClF8N4O5S/c24-17-4-3-16(42-17)20(39)33-8-14(35(10-22(27,28)29)11-23(30,31)32)19(38)34-12-1-2-13(15(7-12)41-21(25)26)36-5-6-40-9-18(36)37/h1-4,7,14,21H,5-6,8-11H2,(H,33,39)(H,34,38)/t14-/m0/s1. The first-order chi connectivity index (χ1) is 19.5. The van der Waals surface area contributed by atoms with Gasteiger partial charge in [0.2, 0.25) is 5.91 Å². The molecule has 0 unspecified atom stereocenters. The number of ether oxygens (including phenoxy) is 2. The number of halogens is 9. The number of alkyl halides is 8. The molecule has 19 heteroatoms. The van der Waals surface area contributed by atoms with Gasteiger partial charge in [-0.3, -0.25) is 19.3 Å². The third-order valence-corrected chi connectivity index (χ3v) is 6.71. The van der Waals surface area contributed by atoms with Crippen LogP contribution in [0.2, 0.25) is 4.34 Å². The zero-order valence-corrected chi connectivity index (χ0v) is 22.6. The fourth-order valence-electron chi connectivity index (χ4n) is 3.84. The molecule has 0 saturated carbocycles. The molecule has 1 aliphatic rings. The predicted octanol–water partition coefficient (Wildman–Crippen LogP) is 4.53. The van der Waals surface area contributed by atoms with Gasteiger partial charge in [-0.15, -0.1) is 11.3 Å². The van der Waals surface area contributed by atoms with Gasteiger partial charge in [0, 0.05) is 24.8 Å². The molecule has 9 nitrogen and oxygen atoms in total. The Labute approximate surface area is 241 Å². The van der Waals surface area contributed by atoms with Gasteiger partial charge in [-0.2, -0.15) is 35.1 Å². The summed E-state index contributed by atoms with van der Waals surface area (Å²) in [6.45, 7) is -9.08. The smallest absolute Gasteiger partial charge is 0.401 e. The summed E-state index contributed by atoms with van der Waals surface area (Å²) < 4.78 is 115. The van der Waals surface area contributed by atoms with Gasteiger partial charge in [-0.1, -0.05) is 11.6 Å². The van der Waals surface area contributed by atoms with Crippen molar-refractivity contribution in [3.05, 3.63) is 39.5 Å². The lowest BCUT2D eigenvalue weighted by atomic mass is 10.1. The summed E-state index contributed by atoms with van der Waals surface area (Å²) in [7, 11) is 0. The zero-order valence-electron chi connectivity index (χ0n) is 21.0. The first kappa shape index (κ1) is 33.3. The van der Waals surface area contributed by atoms with E-state index < -0.39 is 68.1 Å². The second-order valence-corrected chi connectivity index (χ2v) is 10.3. The summed E-state index contributed by atoms with van der Waals surface area (Å²) in [6, 6.07) is 3.34.